The predicted molar refractivity (Wildman–Crippen MR) is 81.0 cm³/mol. The molecule has 0 amide bonds. The van der Waals surface area contributed by atoms with Crippen LogP contribution >= 0.6 is 0 Å². The monoisotopic (exact) mass is 318 g/mol. The Morgan fingerprint density at radius 3 is 2.68 bits per heavy atom. The van der Waals surface area contributed by atoms with Gasteiger partial charge in [0, 0.05) is 12.7 Å². The second-order valence-electron chi connectivity index (χ2n) is 4.84. The molecule has 2 heterocycles. The maximum absolute atomic E-state index is 12.3. The van der Waals surface area contributed by atoms with E-state index in [4.69, 9.17) is 0 Å². The molecule has 0 bridgehead atoms. The van der Waals surface area contributed by atoms with E-state index < -0.39 is 15.6 Å². The summed E-state index contributed by atoms with van der Waals surface area (Å²) >= 11 is 0. The molecular weight excluding hydrogens is 304 g/mol. The average Bonchev–Trinajstić information content (AvgIpc) is 2.98. The number of H-pyrrole nitrogens is 1. The molecule has 2 aromatic heterocycles. The second-order valence-corrected chi connectivity index (χ2v) is 6.61. The van der Waals surface area contributed by atoms with Crippen molar-refractivity contribution in [2.45, 2.75) is 18.4 Å². The molecule has 8 heteroatoms. The van der Waals surface area contributed by atoms with Gasteiger partial charge >= 0.3 is 0 Å². The van der Waals surface area contributed by atoms with Crippen LogP contribution in [0.4, 0.5) is 0 Å². The summed E-state index contributed by atoms with van der Waals surface area (Å²) in [5.74, 6) is 0.499. The SMILES string of the molecule is Cc1n[nH]c(=O)c2cc(S(=O)(=O)NCc3ccccc3)cn12. The first-order chi connectivity index (χ1) is 10.5. The van der Waals surface area contributed by atoms with Gasteiger partial charge in [-0.3, -0.25) is 9.20 Å². The fourth-order valence-electron chi connectivity index (χ4n) is 2.13. The summed E-state index contributed by atoms with van der Waals surface area (Å²) in [6.45, 7) is 1.86. The number of hydrogen-bond donors (Lipinski definition) is 2. The van der Waals surface area contributed by atoms with E-state index in [-0.39, 0.29) is 17.0 Å². The molecule has 0 aliphatic rings. The number of aryl methyl sites for hydroxylation is 1. The molecule has 0 saturated heterocycles. The number of benzene rings is 1. The van der Waals surface area contributed by atoms with Crippen LogP contribution < -0.4 is 10.3 Å². The van der Waals surface area contributed by atoms with Gasteiger partial charge in [-0.25, -0.2) is 18.2 Å². The van der Waals surface area contributed by atoms with E-state index in [0.717, 1.165) is 5.56 Å². The first kappa shape index (κ1) is 14.5. The van der Waals surface area contributed by atoms with Crippen LogP contribution in [0.5, 0.6) is 0 Å². The molecule has 0 saturated carbocycles. The summed E-state index contributed by atoms with van der Waals surface area (Å²) in [5, 5.41) is 6.13. The highest BCUT2D eigenvalue weighted by atomic mass is 32.2. The van der Waals surface area contributed by atoms with Gasteiger partial charge in [0.05, 0.1) is 0 Å². The fourth-order valence-corrected chi connectivity index (χ4v) is 3.16. The Labute approximate surface area is 126 Å². The van der Waals surface area contributed by atoms with Crippen molar-refractivity contribution in [3.8, 4) is 0 Å². The van der Waals surface area contributed by atoms with E-state index >= 15 is 0 Å². The molecule has 22 heavy (non-hydrogen) atoms. The van der Waals surface area contributed by atoms with Crippen LogP contribution in [0, 0.1) is 6.92 Å². The van der Waals surface area contributed by atoms with Crippen LogP contribution in [0.2, 0.25) is 0 Å². The normalized spacial score (nSPS) is 11.9. The van der Waals surface area contributed by atoms with E-state index in [9.17, 15) is 13.2 Å². The highest BCUT2D eigenvalue weighted by Gasteiger charge is 2.18. The molecule has 0 spiro atoms. The van der Waals surface area contributed by atoms with Gasteiger partial charge in [0.25, 0.3) is 5.56 Å². The van der Waals surface area contributed by atoms with Gasteiger partial charge in [0.1, 0.15) is 16.2 Å². The predicted octanol–water partition coefficient (Wildman–Crippen LogP) is 0.810. The minimum atomic E-state index is -3.71. The van der Waals surface area contributed by atoms with Crippen LogP contribution in [-0.2, 0) is 16.6 Å². The van der Waals surface area contributed by atoms with Crippen LogP contribution in [0.25, 0.3) is 5.52 Å². The Morgan fingerprint density at radius 2 is 2.00 bits per heavy atom. The molecule has 1 aromatic carbocycles. The molecular formula is C14H14N4O3S. The van der Waals surface area contributed by atoms with Gasteiger partial charge in [-0.2, -0.15) is 5.10 Å². The van der Waals surface area contributed by atoms with Crippen molar-refractivity contribution in [1.29, 1.82) is 0 Å². The van der Waals surface area contributed by atoms with Crippen molar-refractivity contribution >= 4 is 15.5 Å². The summed E-state index contributed by atoms with van der Waals surface area (Å²) < 4.78 is 28.7. The molecule has 3 aromatic rings. The summed E-state index contributed by atoms with van der Waals surface area (Å²) in [7, 11) is -3.71. The number of aromatic amines is 1. The van der Waals surface area contributed by atoms with Gasteiger partial charge in [-0.05, 0) is 18.6 Å². The molecule has 0 atom stereocenters. The Bertz CT molecular complexity index is 974. The molecule has 7 nitrogen and oxygen atoms in total. The number of sulfonamides is 1. The minimum absolute atomic E-state index is 0.0324. The van der Waals surface area contributed by atoms with Gasteiger partial charge in [0.15, 0.2) is 0 Å². The molecule has 0 unspecified atom stereocenters. The van der Waals surface area contributed by atoms with Crippen molar-refractivity contribution in [1.82, 2.24) is 19.3 Å². The Morgan fingerprint density at radius 1 is 1.27 bits per heavy atom. The maximum atomic E-state index is 12.3. The third kappa shape index (κ3) is 2.66. The Hall–Kier alpha value is -2.45. The number of nitrogens with one attached hydrogen (secondary N) is 2. The molecule has 114 valence electrons. The van der Waals surface area contributed by atoms with Crippen molar-refractivity contribution in [2.24, 2.45) is 0 Å². The zero-order chi connectivity index (χ0) is 15.7. The van der Waals surface area contributed by atoms with Crippen LogP contribution in [0.1, 0.15) is 11.4 Å². The smallest absolute Gasteiger partial charge is 0.288 e. The molecule has 0 fully saturated rings. The maximum Gasteiger partial charge on any atom is 0.288 e. The number of hydrogen-bond acceptors (Lipinski definition) is 4. The van der Waals surface area contributed by atoms with Gasteiger partial charge < -0.3 is 0 Å². The topological polar surface area (TPSA) is 96.3 Å². The van der Waals surface area contributed by atoms with Crippen LogP contribution in [0.3, 0.4) is 0 Å². The van der Waals surface area contributed by atoms with E-state index in [0.29, 0.717) is 5.82 Å². The summed E-state index contributed by atoms with van der Waals surface area (Å²) in [6.07, 6.45) is 1.39. The summed E-state index contributed by atoms with van der Waals surface area (Å²) in [5.41, 5.74) is 0.660. The van der Waals surface area contributed by atoms with Crippen molar-refractivity contribution in [3.05, 3.63) is 64.3 Å². The summed E-state index contributed by atoms with van der Waals surface area (Å²) in [6, 6.07) is 10.5. The van der Waals surface area contributed by atoms with E-state index in [1.54, 1.807) is 6.92 Å². The van der Waals surface area contributed by atoms with E-state index in [1.165, 1.54) is 16.7 Å². The van der Waals surface area contributed by atoms with Crippen LogP contribution in [-0.4, -0.2) is 23.0 Å². The van der Waals surface area contributed by atoms with Crippen LogP contribution in [0.15, 0.2) is 52.3 Å². The Kier molecular flexibility index (Phi) is 3.55. The van der Waals surface area contributed by atoms with Crippen molar-refractivity contribution < 1.29 is 8.42 Å². The van der Waals surface area contributed by atoms with Gasteiger partial charge in [0.2, 0.25) is 10.0 Å². The lowest BCUT2D eigenvalue weighted by atomic mass is 10.2. The van der Waals surface area contributed by atoms with E-state index in [2.05, 4.69) is 14.9 Å². The standard InChI is InChI=1S/C14H14N4O3S/c1-10-16-17-14(19)13-7-12(9-18(10)13)22(20,21)15-8-11-5-3-2-4-6-11/h2-7,9,15H,8H2,1H3,(H,17,19). The van der Waals surface area contributed by atoms with Crippen molar-refractivity contribution in [3.63, 3.8) is 0 Å². The zero-order valence-electron chi connectivity index (χ0n) is 11.8. The van der Waals surface area contributed by atoms with Crippen molar-refractivity contribution in [2.75, 3.05) is 0 Å². The molecule has 3 rings (SSSR count). The van der Waals surface area contributed by atoms with E-state index in [1.807, 2.05) is 30.3 Å². The number of rotatable bonds is 4. The number of nitrogens with zero attached hydrogens (tertiary/aromatic N) is 2. The highest BCUT2D eigenvalue weighted by molar-refractivity contribution is 7.89. The number of fused-ring (bicyclic) bond motifs is 1. The molecule has 0 aliphatic heterocycles. The highest BCUT2D eigenvalue weighted by Crippen LogP contribution is 2.13. The molecule has 0 aliphatic carbocycles. The lowest BCUT2D eigenvalue weighted by molar-refractivity contribution is 0.581. The lowest BCUT2D eigenvalue weighted by Crippen LogP contribution is -2.22. The summed E-state index contributed by atoms with van der Waals surface area (Å²) in [4.78, 5) is 11.7. The third-order valence-corrected chi connectivity index (χ3v) is 4.68. The zero-order valence-corrected chi connectivity index (χ0v) is 12.6. The first-order valence-corrected chi connectivity index (χ1v) is 8.07. The average molecular weight is 318 g/mol. The molecule has 0 radical (unpaired) electrons. The minimum Gasteiger partial charge on any atom is -0.298 e. The first-order valence-electron chi connectivity index (χ1n) is 6.58. The fraction of sp³-hybridized carbons (Fsp3) is 0.143. The third-order valence-electron chi connectivity index (χ3n) is 3.31. The quantitative estimate of drug-likeness (QED) is 0.744. The molecule has 2 N–H and O–H groups in total. The Balaban J connectivity index is 1.94. The van der Waals surface area contributed by atoms with Gasteiger partial charge in [-0.15, -0.1) is 0 Å². The largest absolute Gasteiger partial charge is 0.298 e. The second kappa shape index (κ2) is 5.39. The number of aromatic nitrogens is 3. The lowest BCUT2D eigenvalue weighted by Gasteiger charge is -2.04. The van der Waals surface area contributed by atoms with Gasteiger partial charge in [-0.1, -0.05) is 30.3 Å².